The molecule has 0 amide bonds. The van der Waals surface area contributed by atoms with Gasteiger partial charge in [0.25, 0.3) is 0 Å². The van der Waals surface area contributed by atoms with Gasteiger partial charge in [-0.05, 0) is 25.7 Å². The normalized spacial score (nSPS) is 13.9. The minimum atomic E-state index is -4.96. The molecule has 17 nitrogen and oxygen atoms in total. The molecule has 570 valence electrons. The van der Waals surface area contributed by atoms with Crippen molar-refractivity contribution in [2.45, 2.75) is 431 Å². The average molecular weight is 1410 g/mol. The third kappa shape index (κ3) is 70.5. The quantitative estimate of drug-likeness (QED) is 0.0222. The van der Waals surface area contributed by atoms with E-state index in [0.29, 0.717) is 25.7 Å². The molecule has 0 fully saturated rings. The predicted octanol–water partition coefficient (Wildman–Crippen LogP) is 23.0. The number of hydrogen-bond donors (Lipinski definition) is 3. The minimum absolute atomic E-state index is 0.108. The van der Waals surface area contributed by atoms with Gasteiger partial charge in [-0.1, -0.05) is 362 Å². The highest BCUT2D eigenvalue weighted by atomic mass is 31.2. The van der Waals surface area contributed by atoms with Crippen LogP contribution < -0.4 is 0 Å². The Balaban J connectivity index is 5.18. The van der Waals surface area contributed by atoms with Gasteiger partial charge in [-0.25, -0.2) is 9.13 Å². The zero-order valence-electron chi connectivity index (χ0n) is 62.4. The molecule has 0 aliphatic carbocycles. The molecule has 0 saturated heterocycles. The lowest BCUT2D eigenvalue weighted by atomic mass is 10.0. The zero-order valence-corrected chi connectivity index (χ0v) is 64.1. The van der Waals surface area contributed by atoms with Crippen molar-refractivity contribution in [2.75, 3.05) is 39.6 Å². The number of hydrogen-bond acceptors (Lipinski definition) is 15. The van der Waals surface area contributed by atoms with Gasteiger partial charge in [0.1, 0.15) is 19.3 Å². The van der Waals surface area contributed by atoms with E-state index < -0.39 is 97.5 Å². The Hall–Kier alpha value is -1.94. The smallest absolute Gasteiger partial charge is 0.462 e. The van der Waals surface area contributed by atoms with E-state index in [4.69, 9.17) is 37.0 Å². The molecule has 0 aromatic heterocycles. The van der Waals surface area contributed by atoms with E-state index >= 15 is 0 Å². The van der Waals surface area contributed by atoms with E-state index in [9.17, 15) is 43.2 Å². The van der Waals surface area contributed by atoms with E-state index in [1.807, 2.05) is 0 Å². The van der Waals surface area contributed by atoms with E-state index in [1.54, 1.807) is 0 Å². The second kappa shape index (κ2) is 71.5. The molecule has 0 spiro atoms. The van der Waals surface area contributed by atoms with E-state index in [-0.39, 0.29) is 25.7 Å². The monoisotopic (exact) mass is 1410 g/mol. The van der Waals surface area contributed by atoms with Crippen LogP contribution in [-0.4, -0.2) is 96.7 Å². The summed E-state index contributed by atoms with van der Waals surface area (Å²) in [6, 6.07) is 0. The van der Waals surface area contributed by atoms with E-state index in [1.165, 1.54) is 231 Å². The van der Waals surface area contributed by atoms with Crippen LogP contribution in [0.25, 0.3) is 0 Å². The maximum atomic E-state index is 13.1. The van der Waals surface area contributed by atoms with Gasteiger partial charge in [0, 0.05) is 25.7 Å². The van der Waals surface area contributed by atoms with Crippen molar-refractivity contribution in [2.24, 2.45) is 0 Å². The molecule has 5 atom stereocenters. The van der Waals surface area contributed by atoms with Crippen LogP contribution in [0.2, 0.25) is 0 Å². The SMILES string of the molecule is CCCCCCCCCCCCCCCCCCCCCC(=O)O[C@H](COC(=O)CCCCCCCCCCCCCCCCC)COP(=O)(O)OC[C@@H](O)COP(=O)(O)OC[C@@H](COC(=O)CCCCCCCCC)OC(=O)CCCCCCCCCCCCCCCCC. The standard InChI is InChI=1S/C77H150O17P2/c1-5-9-13-17-21-24-27-30-33-34-35-36-39-42-45-48-52-56-60-64-77(82)94-73(68-88-75(80)62-58-54-50-46-43-40-37-31-28-25-22-18-14-10-6-2)70-92-96(85,86)90-66-71(78)65-89-95(83,84)91-69-72(67-87-74(79)61-57-53-49-20-16-12-8-4)93-76(81)63-59-55-51-47-44-41-38-32-29-26-23-19-15-11-7-3/h71-73,78H,5-70H2,1-4H3,(H,83,84)(H,85,86)/t71-,72+,73+/m0/s1. The largest absolute Gasteiger partial charge is 0.472 e. The Labute approximate surface area is 588 Å². The molecule has 0 radical (unpaired) electrons. The Kier molecular flexibility index (Phi) is 70.0. The number of ether oxygens (including phenoxy) is 4. The molecule has 0 heterocycles. The second-order valence-electron chi connectivity index (χ2n) is 27.7. The minimum Gasteiger partial charge on any atom is -0.462 e. The first kappa shape index (κ1) is 94.1. The average Bonchev–Trinajstić information content (AvgIpc) is 1.60. The molecule has 3 N–H and O–H groups in total. The summed E-state index contributed by atoms with van der Waals surface area (Å²) in [5.41, 5.74) is 0. The Bertz CT molecular complexity index is 1830. The van der Waals surface area contributed by atoms with Crippen LogP contribution in [-0.2, 0) is 65.4 Å². The van der Waals surface area contributed by atoms with Gasteiger partial charge < -0.3 is 33.8 Å². The molecule has 0 aliphatic rings. The van der Waals surface area contributed by atoms with Crippen LogP contribution in [0.4, 0.5) is 0 Å². The van der Waals surface area contributed by atoms with Gasteiger partial charge >= 0.3 is 39.5 Å². The Morgan fingerprint density at radius 2 is 0.417 bits per heavy atom. The number of phosphoric acid groups is 2. The highest BCUT2D eigenvalue weighted by Gasteiger charge is 2.30. The van der Waals surface area contributed by atoms with Gasteiger partial charge in [0.15, 0.2) is 12.2 Å². The second-order valence-corrected chi connectivity index (χ2v) is 30.7. The Morgan fingerprint density at radius 3 is 0.615 bits per heavy atom. The summed E-state index contributed by atoms with van der Waals surface area (Å²) in [5.74, 6) is -2.11. The summed E-state index contributed by atoms with van der Waals surface area (Å²) in [4.78, 5) is 72.7. The van der Waals surface area contributed by atoms with Gasteiger partial charge in [0.05, 0.1) is 26.4 Å². The Morgan fingerprint density at radius 1 is 0.250 bits per heavy atom. The van der Waals surface area contributed by atoms with Crippen molar-refractivity contribution in [1.29, 1.82) is 0 Å². The summed E-state index contributed by atoms with van der Waals surface area (Å²) < 4.78 is 68.5. The maximum Gasteiger partial charge on any atom is 0.472 e. The van der Waals surface area contributed by atoms with E-state index in [0.717, 1.165) is 103 Å². The van der Waals surface area contributed by atoms with Crippen LogP contribution in [0.3, 0.4) is 0 Å². The molecule has 96 heavy (non-hydrogen) atoms. The topological polar surface area (TPSA) is 237 Å². The molecule has 0 aliphatic heterocycles. The molecule has 0 rings (SSSR count). The van der Waals surface area contributed by atoms with Crippen molar-refractivity contribution in [3.8, 4) is 0 Å². The summed E-state index contributed by atoms with van der Waals surface area (Å²) in [7, 11) is -9.91. The molecule has 19 heteroatoms. The predicted molar refractivity (Wildman–Crippen MR) is 391 cm³/mol. The zero-order chi connectivity index (χ0) is 70.4. The molecule has 2 unspecified atom stereocenters. The number of unbranched alkanes of at least 4 members (excludes halogenated alkanes) is 52. The number of phosphoric ester groups is 2. The van der Waals surface area contributed by atoms with Crippen molar-refractivity contribution < 1.29 is 80.2 Å². The number of esters is 4. The molecule has 0 aromatic carbocycles. The number of rotatable bonds is 78. The third-order valence-electron chi connectivity index (χ3n) is 18.1. The van der Waals surface area contributed by atoms with Crippen LogP contribution in [0.5, 0.6) is 0 Å². The first-order valence-corrected chi connectivity index (χ1v) is 43.3. The molecule has 0 aromatic rings. The van der Waals surface area contributed by atoms with Gasteiger partial charge in [-0.15, -0.1) is 0 Å². The lowest BCUT2D eigenvalue weighted by Gasteiger charge is -2.21. The summed E-state index contributed by atoms with van der Waals surface area (Å²) in [6.07, 6.45) is 62.5. The fourth-order valence-corrected chi connectivity index (χ4v) is 13.5. The molecule has 0 bridgehead atoms. The number of carbonyl (C=O) groups is 4. The highest BCUT2D eigenvalue weighted by molar-refractivity contribution is 7.47. The highest BCUT2D eigenvalue weighted by Crippen LogP contribution is 2.45. The fourth-order valence-electron chi connectivity index (χ4n) is 11.9. The van der Waals surface area contributed by atoms with Crippen LogP contribution >= 0.6 is 15.6 Å². The molecule has 0 saturated carbocycles. The van der Waals surface area contributed by atoms with Crippen molar-refractivity contribution in [3.05, 3.63) is 0 Å². The van der Waals surface area contributed by atoms with E-state index in [2.05, 4.69) is 27.7 Å². The number of carbonyl (C=O) groups excluding carboxylic acids is 4. The van der Waals surface area contributed by atoms with Crippen molar-refractivity contribution in [3.63, 3.8) is 0 Å². The van der Waals surface area contributed by atoms with Gasteiger partial charge in [-0.3, -0.25) is 37.3 Å². The summed E-state index contributed by atoms with van der Waals surface area (Å²) in [6.45, 7) is 4.97. The fraction of sp³-hybridized carbons (Fsp3) is 0.948. The first-order valence-electron chi connectivity index (χ1n) is 40.3. The van der Waals surface area contributed by atoms with Crippen LogP contribution in [0.1, 0.15) is 413 Å². The van der Waals surface area contributed by atoms with Crippen molar-refractivity contribution >= 4 is 39.5 Å². The molecular formula is C77H150O17P2. The number of aliphatic hydroxyl groups excluding tert-OH is 1. The summed E-state index contributed by atoms with van der Waals surface area (Å²) in [5, 5.41) is 10.6. The summed E-state index contributed by atoms with van der Waals surface area (Å²) >= 11 is 0. The van der Waals surface area contributed by atoms with Crippen LogP contribution in [0, 0.1) is 0 Å². The van der Waals surface area contributed by atoms with Gasteiger partial charge in [-0.2, -0.15) is 0 Å². The first-order chi connectivity index (χ1) is 46.7. The number of aliphatic hydroxyl groups is 1. The molecular weight excluding hydrogens is 1260 g/mol. The third-order valence-corrected chi connectivity index (χ3v) is 20.0. The van der Waals surface area contributed by atoms with Crippen molar-refractivity contribution in [1.82, 2.24) is 0 Å². The lowest BCUT2D eigenvalue weighted by molar-refractivity contribution is -0.161. The van der Waals surface area contributed by atoms with Crippen LogP contribution in [0.15, 0.2) is 0 Å². The van der Waals surface area contributed by atoms with Gasteiger partial charge in [0.2, 0.25) is 0 Å². The lowest BCUT2D eigenvalue weighted by Crippen LogP contribution is -2.30. The maximum absolute atomic E-state index is 13.1.